The zero-order valence-electron chi connectivity index (χ0n) is 8.64. The normalized spacial score (nSPS) is 27.5. The number of hydrogen-bond donors (Lipinski definition) is 1. The van der Waals surface area contributed by atoms with Crippen LogP contribution in [-0.2, 0) is 4.74 Å². The van der Waals surface area contributed by atoms with Crippen molar-refractivity contribution in [3.8, 4) is 0 Å². The van der Waals surface area contributed by atoms with Gasteiger partial charge in [0.2, 0.25) is 0 Å². The lowest BCUT2D eigenvalue weighted by molar-refractivity contribution is -0.136. The zero-order chi connectivity index (χ0) is 9.15. The Labute approximate surface area is 81.0 Å². The van der Waals surface area contributed by atoms with Gasteiger partial charge in [-0.3, -0.25) is 0 Å². The molecule has 76 valence electrons. The van der Waals surface area contributed by atoms with E-state index in [2.05, 4.69) is 12.2 Å². The van der Waals surface area contributed by atoms with Crippen molar-refractivity contribution in [1.29, 1.82) is 0 Å². The number of rotatable bonds is 3. The summed E-state index contributed by atoms with van der Waals surface area (Å²) >= 11 is 0. The first kappa shape index (κ1) is 9.47. The molecule has 0 amide bonds. The van der Waals surface area contributed by atoms with Gasteiger partial charge in [-0.1, -0.05) is 6.92 Å². The van der Waals surface area contributed by atoms with Crippen molar-refractivity contribution in [3.63, 3.8) is 0 Å². The maximum atomic E-state index is 5.32. The van der Waals surface area contributed by atoms with Crippen molar-refractivity contribution in [2.24, 2.45) is 11.3 Å². The lowest BCUT2D eigenvalue weighted by Crippen LogP contribution is -2.46. The molecular formula is C11H21NO. The Morgan fingerprint density at radius 3 is 2.46 bits per heavy atom. The van der Waals surface area contributed by atoms with Crippen LogP contribution >= 0.6 is 0 Å². The van der Waals surface area contributed by atoms with Gasteiger partial charge in [-0.15, -0.1) is 0 Å². The molecule has 1 N–H and O–H groups in total. The smallest absolute Gasteiger partial charge is 0.0544 e. The molecule has 0 unspecified atom stereocenters. The predicted octanol–water partition coefficient (Wildman–Crippen LogP) is 1.80. The van der Waals surface area contributed by atoms with Crippen LogP contribution in [0.2, 0.25) is 0 Å². The van der Waals surface area contributed by atoms with Gasteiger partial charge in [0.1, 0.15) is 0 Å². The minimum atomic E-state index is 0.628. The minimum absolute atomic E-state index is 0.628. The third-order valence-corrected chi connectivity index (χ3v) is 3.67. The lowest BCUT2D eigenvalue weighted by Gasteiger charge is -2.46. The number of nitrogens with one attached hydrogen (secondary N) is 1. The molecule has 0 atom stereocenters. The molecule has 1 aliphatic heterocycles. The lowest BCUT2D eigenvalue weighted by atomic mass is 9.69. The molecule has 0 bridgehead atoms. The molecule has 1 aliphatic carbocycles. The summed E-state index contributed by atoms with van der Waals surface area (Å²) in [6.07, 6.45) is 5.64. The van der Waals surface area contributed by atoms with E-state index in [9.17, 15) is 0 Å². The van der Waals surface area contributed by atoms with Gasteiger partial charge in [-0.05, 0) is 44.7 Å². The Morgan fingerprint density at radius 2 is 2.00 bits per heavy atom. The number of ether oxygens (including phenoxy) is 1. The molecule has 1 heterocycles. The zero-order valence-corrected chi connectivity index (χ0v) is 8.64. The molecule has 1 saturated carbocycles. The average Bonchev–Trinajstić information content (AvgIpc) is 2.13. The third-order valence-electron chi connectivity index (χ3n) is 3.67. The summed E-state index contributed by atoms with van der Waals surface area (Å²) in [6, 6.07) is 0. The topological polar surface area (TPSA) is 21.3 Å². The van der Waals surface area contributed by atoms with Crippen LogP contribution in [0.5, 0.6) is 0 Å². The fourth-order valence-corrected chi connectivity index (χ4v) is 2.52. The van der Waals surface area contributed by atoms with E-state index in [1.165, 1.54) is 32.2 Å². The van der Waals surface area contributed by atoms with Crippen LogP contribution in [0.3, 0.4) is 0 Å². The monoisotopic (exact) mass is 183 g/mol. The summed E-state index contributed by atoms with van der Waals surface area (Å²) in [5.41, 5.74) is 0.628. The highest BCUT2D eigenvalue weighted by molar-refractivity contribution is 4.90. The van der Waals surface area contributed by atoms with E-state index < -0.39 is 0 Å². The Bertz CT molecular complexity index is 155. The van der Waals surface area contributed by atoms with Crippen molar-refractivity contribution in [2.45, 2.75) is 32.6 Å². The highest BCUT2D eigenvalue weighted by Gasteiger charge is 2.41. The summed E-state index contributed by atoms with van der Waals surface area (Å²) < 4.78 is 5.32. The average molecular weight is 183 g/mol. The van der Waals surface area contributed by atoms with Gasteiger partial charge in [0.05, 0.1) is 13.2 Å². The Hall–Kier alpha value is -0.0800. The van der Waals surface area contributed by atoms with Crippen molar-refractivity contribution in [2.75, 3.05) is 26.3 Å². The fourth-order valence-electron chi connectivity index (χ4n) is 2.52. The van der Waals surface area contributed by atoms with Gasteiger partial charge >= 0.3 is 0 Å². The molecule has 0 aromatic rings. The molecular weight excluding hydrogens is 162 g/mol. The van der Waals surface area contributed by atoms with Crippen LogP contribution in [0.1, 0.15) is 32.6 Å². The Morgan fingerprint density at radius 1 is 1.31 bits per heavy atom. The maximum absolute atomic E-state index is 5.32. The highest BCUT2D eigenvalue weighted by Crippen LogP contribution is 2.43. The van der Waals surface area contributed by atoms with Crippen molar-refractivity contribution in [3.05, 3.63) is 0 Å². The van der Waals surface area contributed by atoms with E-state index >= 15 is 0 Å². The second-order valence-electron chi connectivity index (χ2n) is 4.74. The van der Waals surface area contributed by atoms with E-state index in [4.69, 9.17) is 4.74 Å². The van der Waals surface area contributed by atoms with Gasteiger partial charge in [0.15, 0.2) is 0 Å². The van der Waals surface area contributed by atoms with Crippen molar-refractivity contribution >= 4 is 0 Å². The van der Waals surface area contributed by atoms with Crippen LogP contribution < -0.4 is 5.32 Å². The van der Waals surface area contributed by atoms with Crippen LogP contribution in [0.25, 0.3) is 0 Å². The molecule has 0 aromatic carbocycles. The van der Waals surface area contributed by atoms with E-state index in [0.29, 0.717) is 5.41 Å². The van der Waals surface area contributed by atoms with Gasteiger partial charge in [0, 0.05) is 5.41 Å². The second kappa shape index (κ2) is 3.97. The second-order valence-corrected chi connectivity index (χ2v) is 4.74. The first-order valence-electron chi connectivity index (χ1n) is 5.63. The molecule has 2 heteroatoms. The van der Waals surface area contributed by atoms with Crippen LogP contribution in [0, 0.1) is 11.3 Å². The van der Waals surface area contributed by atoms with Gasteiger partial charge in [-0.2, -0.15) is 0 Å². The van der Waals surface area contributed by atoms with E-state index in [1.54, 1.807) is 0 Å². The Balaban J connectivity index is 1.70. The molecule has 1 spiro atoms. The molecule has 13 heavy (non-hydrogen) atoms. The van der Waals surface area contributed by atoms with Crippen LogP contribution in [0.4, 0.5) is 0 Å². The molecule has 2 nitrogen and oxygen atoms in total. The summed E-state index contributed by atoms with van der Waals surface area (Å²) in [5.74, 6) is 0.936. The summed E-state index contributed by atoms with van der Waals surface area (Å²) in [7, 11) is 0. The predicted molar refractivity (Wildman–Crippen MR) is 53.8 cm³/mol. The largest absolute Gasteiger partial charge is 0.380 e. The van der Waals surface area contributed by atoms with Gasteiger partial charge in [0.25, 0.3) is 0 Å². The standard InChI is InChI=1S/C11H21NO/c1-2-12-7-10-3-5-11(6-4-10)8-13-9-11/h10,12H,2-9H2,1H3. The number of hydrogen-bond acceptors (Lipinski definition) is 2. The van der Waals surface area contributed by atoms with E-state index in [-0.39, 0.29) is 0 Å². The molecule has 1 saturated heterocycles. The summed E-state index contributed by atoms with van der Waals surface area (Å²) in [6.45, 7) is 6.62. The fraction of sp³-hybridized carbons (Fsp3) is 1.00. The summed E-state index contributed by atoms with van der Waals surface area (Å²) in [5, 5.41) is 3.45. The first-order valence-corrected chi connectivity index (χ1v) is 5.63. The molecule has 0 radical (unpaired) electrons. The van der Waals surface area contributed by atoms with Crippen molar-refractivity contribution in [1.82, 2.24) is 5.32 Å². The van der Waals surface area contributed by atoms with Gasteiger partial charge < -0.3 is 10.1 Å². The molecule has 2 fully saturated rings. The molecule has 0 aromatic heterocycles. The van der Waals surface area contributed by atoms with Crippen LogP contribution in [-0.4, -0.2) is 26.3 Å². The maximum Gasteiger partial charge on any atom is 0.0544 e. The molecule has 2 rings (SSSR count). The first-order chi connectivity index (χ1) is 6.35. The van der Waals surface area contributed by atoms with E-state index in [0.717, 1.165) is 25.7 Å². The van der Waals surface area contributed by atoms with Crippen LogP contribution in [0.15, 0.2) is 0 Å². The van der Waals surface area contributed by atoms with Gasteiger partial charge in [-0.25, -0.2) is 0 Å². The SMILES string of the molecule is CCNCC1CCC2(CC1)COC2. The summed E-state index contributed by atoms with van der Waals surface area (Å²) in [4.78, 5) is 0. The quantitative estimate of drug-likeness (QED) is 0.720. The minimum Gasteiger partial charge on any atom is -0.380 e. The third kappa shape index (κ3) is 2.05. The molecule has 2 aliphatic rings. The highest BCUT2D eigenvalue weighted by atomic mass is 16.5. The Kier molecular flexibility index (Phi) is 2.89. The van der Waals surface area contributed by atoms with Crippen molar-refractivity contribution < 1.29 is 4.74 Å². The van der Waals surface area contributed by atoms with E-state index in [1.807, 2.05) is 0 Å².